The zero-order valence-electron chi connectivity index (χ0n) is 18.3. The average molecular weight is 489 g/mol. The number of hydrogen-bond acceptors (Lipinski definition) is 5. The second-order valence-electron chi connectivity index (χ2n) is 7.93. The van der Waals surface area contributed by atoms with E-state index in [2.05, 4.69) is 9.94 Å². The Morgan fingerprint density at radius 2 is 2.12 bits per heavy atom. The van der Waals surface area contributed by atoms with E-state index in [9.17, 15) is 22.0 Å². The van der Waals surface area contributed by atoms with E-state index < -0.39 is 27.8 Å². The Kier molecular flexibility index (Phi) is 6.49. The summed E-state index contributed by atoms with van der Waals surface area (Å²) in [7, 11) is -2.87. The summed E-state index contributed by atoms with van der Waals surface area (Å²) < 4.78 is 57.4. The van der Waals surface area contributed by atoms with Crippen molar-refractivity contribution in [2.24, 2.45) is 0 Å². The number of carbonyl (C=O) groups is 1. The number of rotatable bonds is 7. The maximum absolute atomic E-state index is 14.4. The van der Waals surface area contributed by atoms with Gasteiger partial charge in [-0.2, -0.15) is 17.8 Å². The quantitative estimate of drug-likeness (QED) is 0.517. The molecule has 9 nitrogen and oxygen atoms in total. The van der Waals surface area contributed by atoms with Gasteiger partial charge in [0.1, 0.15) is 11.6 Å². The van der Waals surface area contributed by atoms with E-state index in [-0.39, 0.29) is 30.3 Å². The molecule has 0 radical (unpaired) electrons. The summed E-state index contributed by atoms with van der Waals surface area (Å²) in [5.74, 6) is -1.87. The molecule has 0 aliphatic carbocycles. The van der Waals surface area contributed by atoms with Crippen LogP contribution in [0.15, 0.2) is 42.7 Å². The van der Waals surface area contributed by atoms with Crippen molar-refractivity contribution in [3.8, 4) is 0 Å². The van der Waals surface area contributed by atoms with Gasteiger partial charge in [0.05, 0.1) is 29.9 Å². The molecular weight excluding hydrogens is 466 g/mol. The molecule has 1 fully saturated rings. The van der Waals surface area contributed by atoms with Crippen LogP contribution in [0.4, 0.5) is 14.5 Å². The molecule has 2 aromatic heterocycles. The highest BCUT2D eigenvalue weighted by Crippen LogP contribution is 2.38. The van der Waals surface area contributed by atoms with Crippen molar-refractivity contribution in [2.45, 2.75) is 18.9 Å². The summed E-state index contributed by atoms with van der Waals surface area (Å²) in [6.45, 7) is 7.30. The first kappa shape index (κ1) is 23.6. The van der Waals surface area contributed by atoms with Crippen molar-refractivity contribution in [3.05, 3.63) is 76.9 Å². The lowest BCUT2D eigenvalue weighted by molar-refractivity contribution is 0.0981. The van der Waals surface area contributed by atoms with Gasteiger partial charge in [0.15, 0.2) is 0 Å². The second-order valence-corrected chi connectivity index (χ2v) is 9.71. The number of carbonyl (C=O) groups excluding carboxylic acids is 1. The molecule has 178 valence electrons. The first-order chi connectivity index (χ1) is 16.2. The van der Waals surface area contributed by atoms with Crippen LogP contribution in [0.2, 0.25) is 0 Å². The number of halogens is 2. The molecule has 3 aromatic rings. The third-order valence-electron chi connectivity index (χ3n) is 5.81. The third-order valence-corrected chi connectivity index (χ3v) is 7.26. The van der Waals surface area contributed by atoms with Crippen LogP contribution < -0.4 is 9.62 Å². The van der Waals surface area contributed by atoms with Crippen LogP contribution in [0.25, 0.3) is 10.4 Å². The molecule has 4 rings (SSSR count). The summed E-state index contributed by atoms with van der Waals surface area (Å²) in [5.41, 5.74) is 1.33. The Hall–Kier alpha value is -3.56. The summed E-state index contributed by atoms with van der Waals surface area (Å²) in [6.07, 6.45) is 4.28. The number of pyridine rings is 1. The summed E-state index contributed by atoms with van der Waals surface area (Å²) >= 11 is 0. The van der Waals surface area contributed by atoms with Crippen LogP contribution in [0.5, 0.6) is 0 Å². The van der Waals surface area contributed by atoms with Crippen LogP contribution in [-0.2, 0) is 10.2 Å². The minimum atomic E-state index is -4.14. The summed E-state index contributed by atoms with van der Waals surface area (Å²) in [6, 6.07) is 6.44. The molecule has 0 bridgehead atoms. The largest absolute Gasteiger partial charge is 0.364 e. The number of fused-ring (bicyclic) bond motifs is 1. The molecule has 1 N–H and O–H groups in total. The smallest absolute Gasteiger partial charge is 0.304 e. The summed E-state index contributed by atoms with van der Waals surface area (Å²) in [5, 5.41) is 4.11. The fourth-order valence-corrected chi connectivity index (χ4v) is 4.88. The van der Waals surface area contributed by atoms with Gasteiger partial charge in [0.2, 0.25) is 6.54 Å². The van der Waals surface area contributed by atoms with Crippen molar-refractivity contribution in [1.82, 2.24) is 18.6 Å². The number of hydrogen-bond donors (Lipinski definition) is 1. The number of aromatic nitrogens is 2. The third kappa shape index (κ3) is 4.57. The normalized spacial score (nSPS) is 16.2. The van der Waals surface area contributed by atoms with Crippen molar-refractivity contribution < 1.29 is 22.0 Å². The second kappa shape index (κ2) is 9.36. The van der Waals surface area contributed by atoms with Gasteiger partial charge in [-0.3, -0.25) is 4.79 Å². The van der Waals surface area contributed by atoms with E-state index in [1.807, 2.05) is 9.62 Å². The van der Waals surface area contributed by atoms with E-state index in [1.165, 1.54) is 23.8 Å². The van der Waals surface area contributed by atoms with Gasteiger partial charge in [-0.1, -0.05) is 0 Å². The van der Waals surface area contributed by atoms with Crippen molar-refractivity contribution in [1.29, 1.82) is 0 Å². The van der Waals surface area contributed by atoms with Gasteiger partial charge in [0, 0.05) is 31.0 Å². The van der Waals surface area contributed by atoms with Gasteiger partial charge in [-0.25, -0.2) is 24.6 Å². The topological polar surface area (TPSA) is 91.4 Å². The van der Waals surface area contributed by atoms with Gasteiger partial charge in [0.25, 0.3) is 5.91 Å². The highest BCUT2D eigenvalue weighted by atomic mass is 32.2. The number of nitrogens with one attached hydrogen (secondary N) is 1. The first-order valence-corrected chi connectivity index (χ1v) is 12.0. The SMILES string of the molecule is [C-]#[N+]CCN(C)S(=O)(=O)NC(=O)c1cnn2ccc(N3CCC[C@@H]3c3cc(F)ccc3F)cc12. The van der Waals surface area contributed by atoms with Gasteiger partial charge in [-0.15, -0.1) is 0 Å². The maximum Gasteiger partial charge on any atom is 0.304 e. The lowest BCUT2D eigenvalue weighted by Gasteiger charge is -2.27. The first-order valence-electron chi connectivity index (χ1n) is 10.5. The monoisotopic (exact) mass is 488 g/mol. The lowest BCUT2D eigenvalue weighted by Crippen LogP contribution is -2.42. The zero-order valence-corrected chi connectivity index (χ0v) is 19.1. The lowest BCUT2D eigenvalue weighted by atomic mass is 10.0. The predicted octanol–water partition coefficient (Wildman–Crippen LogP) is 2.78. The number of benzene rings is 1. The van der Waals surface area contributed by atoms with E-state index in [4.69, 9.17) is 6.57 Å². The molecule has 1 atom stereocenters. The standard InChI is InChI=1S/C22H22F2N6O3S/c1-25-8-11-28(2)34(32,33)27-22(31)18-14-26-30-10-7-16(13-21(18)30)29-9-3-4-20(29)17-12-15(23)5-6-19(17)24/h5-7,10,12-14,20H,3-4,8-9,11H2,2H3,(H,27,31)/t20-/m1/s1. The number of amides is 1. The van der Waals surface area contributed by atoms with Gasteiger partial charge in [-0.05, 0) is 43.2 Å². The molecule has 0 spiro atoms. The Bertz CT molecular complexity index is 1390. The maximum atomic E-state index is 14.4. The molecule has 1 saturated heterocycles. The van der Waals surface area contributed by atoms with Crippen molar-refractivity contribution >= 4 is 27.3 Å². The Morgan fingerprint density at radius 3 is 2.88 bits per heavy atom. The highest BCUT2D eigenvalue weighted by Gasteiger charge is 2.30. The van der Waals surface area contributed by atoms with Crippen LogP contribution in [-0.4, -0.2) is 54.9 Å². The zero-order chi connectivity index (χ0) is 24.5. The van der Waals surface area contributed by atoms with Crippen molar-refractivity contribution in [3.63, 3.8) is 0 Å². The van der Waals surface area contributed by atoms with Crippen LogP contribution in [0, 0.1) is 18.2 Å². The molecule has 1 aromatic carbocycles. The molecule has 0 unspecified atom stereocenters. The fraction of sp³-hybridized carbons (Fsp3) is 0.318. The Labute approximate surface area is 195 Å². The molecule has 3 heterocycles. The van der Waals surface area contributed by atoms with Crippen LogP contribution in [0.1, 0.15) is 34.8 Å². The van der Waals surface area contributed by atoms with Crippen molar-refractivity contribution in [2.75, 3.05) is 31.6 Å². The minimum Gasteiger partial charge on any atom is -0.364 e. The van der Waals surface area contributed by atoms with Gasteiger partial charge < -0.3 is 9.74 Å². The Balaban J connectivity index is 1.63. The number of likely N-dealkylation sites (N-methyl/N-ethyl adjacent to an activating group) is 1. The van der Waals surface area contributed by atoms with Crippen LogP contribution >= 0.6 is 0 Å². The molecule has 12 heteroatoms. The van der Waals surface area contributed by atoms with E-state index >= 15 is 0 Å². The molecule has 1 aliphatic rings. The number of nitrogens with zero attached hydrogens (tertiary/aromatic N) is 5. The fourth-order valence-electron chi connectivity index (χ4n) is 4.05. The molecular formula is C22H22F2N6O3S. The Morgan fingerprint density at radius 1 is 1.32 bits per heavy atom. The summed E-state index contributed by atoms with van der Waals surface area (Å²) in [4.78, 5) is 17.8. The van der Waals surface area contributed by atoms with E-state index in [0.29, 0.717) is 24.2 Å². The predicted molar refractivity (Wildman–Crippen MR) is 121 cm³/mol. The van der Waals surface area contributed by atoms with Crippen LogP contribution in [0.3, 0.4) is 0 Å². The highest BCUT2D eigenvalue weighted by molar-refractivity contribution is 7.87. The number of anilines is 1. The average Bonchev–Trinajstić information content (AvgIpc) is 3.45. The van der Waals surface area contributed by atoms with Gasteiger partial charge >= 0.3 is 10.2 Å². The molecule has 1 aliphatic heterocycles. The molecule has 34 heavy (non-hydrogen) atoms. The van der Waals surface area contributed by atoms with E-state index in [1.54, 1.807) is 18.3 Å². The minimum absolute atomic E-state index is 0.0331. The van der Waals surface area contributed by atoms with E-state index in [0.717, 1.165) is 22.9 Å². The molecule has 1 amide bonds. The molecule has 0 saturated carbocycles.